The first kappa shape index (κ1) is 28.3. The van der Waals surface area contributed by atoms with Crippen molar-refractivity contribution in [2.24, 2.45) is 0 Å². The van der Waals surface area contributed by atoms with Gasteiger partial charge in [-0.2, -0.15) is 0 Å². The van der Waals surface area contributed by atoms with Crippen molar-refractivity contribution < 1.29 is 22.7 Å². The molecule has 0 radical (unpaired) electrons. The zero-order valence-electron chi connectivity index (χ0n) is 22.3. The maximum absolute atomic E-state index is 13.7. The van der Waals surface area contributed by atoms with E-state index in [1.165, 1.54) is 0 Å². The fourth-order valence-corrected chi connectivity index (χ4v) is 5.65. The fourth-order valence-electron chi connectivity index (χ4n) is 4.35. The van der Waals surface area contributed by atoms with E-state index in [1.807, 2.05) is 61.5 Å². The van der Waals surface area contributed by atoms with Crippen LogP contribution in [0.3, 0.4) is 0 Å². The molecule has 0 aromatic heterocycles. The lowest BCUT2D eigenvalue weighted by Crippen LogP contribution is -2.43. The highest BCUT2D eigenvalue weighted by atomic mass is 32.2. The van der Waals surface area contributed by atoms with Gasteiger partial charge in [-0.1, -0.05) is 54.6 Å². The number of carbonyl (C=O) groups is 2. The first-order chi connectivity index (χ1) is 18.8. The summed E-state index contributed by atoms with van der Waals surface area (Å²) in [5.74, 6) is 0.277. The number of hydrogen-bond donors (Lipinski definition) is 2. The van der Waals surface area contributed by atoms with E-state index in [2.05, 4.69) is 10.0 Å². The van der Waals surface area contributed by atoms with E-state index in [0.717, 1.165) is 29.5 Å². The summed E-state index contributed by atoms with van der Waals surface area (Å²) in [7, 11) is -1.94. The van der Waals surface area contributed by atoms with Gasteiger partial charge in [-0.15, -0.1) is 0 Å². The Labute approximate surface area is 230 Å². The molecule has 0 heterocycles. The van der Waals surface area contributed by atoms with Gasteiger partial charge in [0, 0.05) is 25.6 Å². The summed E-state index contributed by atoms with van der Waals surface area (Å²) in [4.78, 5) is 28.8. The Morgan fingerprint density at radius 3 is 2.18 bits per heavy atom. The molecule has 0 aliphatic heterocycles. The zero-order chi connectivity index (χ0) is 27.8. The Kier molecular flexibility index (Phi) is 9.37. The number of benzene rings is 3. The minimum Gasteiger partial charge on any atom is -0.497 e. The van der Waals surface area contributed by atoms with Crippen LogP contribution in [0.4, 0.5) is 0 Å². The SMILES string of the molecule is CCNC(=O)[C@@H](c1ccccc1)N(Cc1ccc(OC)cc1)C(=O)CCc1ccc(S(=O)(=O)NC2CC2)cc1. The highest BCUT2D eigenvalue weighted by molar-refractivity contribution is 7.89. The summed E-state index contributed by atoms with van der Waals surface area (Å²) >= 11 is 0. The molecule has 1 fully saturated rings. The first-order valence-corrected chi connectivity index (χ1v) is 14.7. The van der Waals surface area contributed by atoms with Crippen molar-refractivity contribution >= 4 is 21.8 Å². The van der Waals surface area contributed by atoms with E-state index in [4.69, 9.17) is 4.74 Å². The van der Waals surface area contributed by atoms with Crippen molar-refractivity contribution in [1.29, 1.82) is 0 Å². The van der Waals surface area contributed by atoms with Gasteiger partial charge < -0.3 is 15.0 Å². The number of hydrogen-bond acceptors (Lipinski definition) is 5. The number of carbonyl (C=O) groups excluding carboxylic acids is 2. The van der Waals surface area contributed by atoms with Crippen molar-refractivity contribution in [2.75, 3.05) is 13.7 Å². The van der Waals surface area contributed by atoms with Crippen molar-refractivity contribution in [2.45, 2.75) is 56.1 Å². The lowest BCUT2D eigenvalue weighted by Gasteiger charge is -2.31. The van der Waals surface area contributed by atoms with E-state index in [9.17, 15) is 18.0 Å². The van der Waals surface area contributed by atoms with Crippen molar-refractivity contribution in [1.82, 2.24) is 14.9 Å². The summed E-state index contributed by atoms with van der Waals surface area (Å²) in [6.07, 6.45) is 2.30. The molecule has 3 aromatic rings. The summed E-state index contributed by atoms with van der Waals surface area (Å²) in [6, 6.07) is 22.5. The third-order valence-electron chi connectivity index (χ3n) is 6.62. The van der Waals surface area contributed by atoms with E-state index >= 15 is 0 Å². The lowest BCUT2D eigenvalue weighted by molar-refractivity contribution is -0.141. The number of amides is 2. The second kappa shape index (κ2) is 12.9. The monoisotopic (exact) mass is 549 g/mol. The van der Waals surface area contributed by atoms with Crippen LogP contribution in [0.25, 0.3) is 0 Å². The predicted molar refractivity (Wildman–Crippen MR) is 150 cm³/mol. The molecule has 1 aliphatic rings. The Morgan fingerprint density at radius 2 is 1.59 bits per heavy atom. The maximum atomic E-state index is 13.7. The Bertz CT molecular complexity index is 1360. The van der Waals surface area contributed by atoms with Gasteiger partial charge in [-0.25, -0.2) is 13.1 Å². The van der Waals surface area contributed by atoms with Crippen LogP contribution in [0.2, 0.25) is 0 Å². The largest absolute Gasteiger partial charge is 0.497 e. The third kappa shape index (κ3) is 7.68. The standard InChI is InChI=1S/C30H35N3O5S/c1-3-31-30(35)29(24-7-5-4-6-8-24)33(21-23-9-16-26(38-2)17-10-23)28(34)20-13-22-11-18-27(19-12-22)39(36,37)32-25-14-15-25/h4-12,16-19,25,29,32H,3,13-15,20-21H2,1-2H3,(H,31,35)/t29-/m1/s1. The van der Waals surface area contributed by atoms with Crippen LogP contribution in [-0.2, 0) is 32.6 Å². The van der Waals surface area contributed by atoms with Gasteiger partial charge in [0.2, 0.25) is 21.8 Å². The molecule has 39 heavy (non-hydrogen) atoms. The highest BCUT2D eigenvalue weighted by Crippen LogP contribution is 2.26. The van der Waals surface area contributed by atoms with Gasteiger partial charge in [0.05, 0.1) is 12.0 Å². The minimum atomic E-state index is -3.53. The molecule has 1 atom stereocenters. The zero-order valence-corrected chi connectivity index (χ0v) is 23.1. The number of methoxy groups -OCH3 is 1. The molecule has 0 saturated heterocycles. The molecule has 0 unspecified atom stereocenters. The van der Waals surface area contributed by atoms with Gasteiger partial charge in [0.1, 0.15) is 11.8 Å². The normalized spacial score (nSPS) is 13.9. The summed E-state index contributed by atoms with van der Waals surface area (Å²) < 4.78 is 32.9. The second-order valence-electron chi connectivity index (χ2n) is 9.62. The topological polar surface area (TPSA) is 105 Å². The fraction of sp³-hybridized carbons (Fsp3) is 0.333. The van der Waals surface area contributed by atoms with Gasteiger partial charge in [-0.3, -0.25) is 9.59 Å². The molecule has 4 rings (SSSR count). The van der Waals surface area contributed by atoms with Crippen LogP contribution >= 0.6 is 0 Å². The van der Waals surface area contributed by atoms with Crippen LogP contribution in [0.1, 0.15) is 48.9 Å². The third-order valence-corrected chi connectivity index (χ3v) is 8.16. The molecule has 1 aliphatic carbocycles. The number of ether oxygens (including phenoxy) is 1. The van der Waals surface area contributed by atoms with Crippen molar-refractivity contribution in [3.63, 3.8) is 0 Å². The molecule has 9 heteroatoms. The predicted octanol–water partition coefficient (Wildman–Crippen LogP) is 3.97. The quantitative estimate of drug-likeness (QED) is 0.336. The number of nitrogens with zero attached hydrogens (tertiary/aromatic N) is 1. The Balaban J connectivity index is 1.55. The van der Waals surface area contributed by atoms with E-state index < -0.39 is 16.1 Å². The second-order valence-corrected chi connectivity index (χ2v) is 11.3. The summed E-state index contributed by atoms with van der Waals surface area (Å²) in [5, 5.41) is 2.88. The molecule has 2 N–H and O–H groups in total. The molecule has 0 spiro atoms. The summed E-state index contributed by atoms with van der Waals surface area (Å²) in [5.41, 5.74) is 2.43. The average molecular weight is 550 g/mol. The molecule has 8 nitrogen and oxygen atoms in total. The maximum Gasteiger partial charge on any atom is 0.247 e. The highest BCUT2D eigenvalue weighted by Gasteiger charge is 2.31. The smallest absolute Gasteiger partial charge is 0.247 e. The van der Waals surface area contributed by atoms with Crippen LogP contribution < -0.4 is 14.8 Å². The number of nitrogens with one attached hydrogen (secondary N) is 2. The molecule has 0 bridgehead atoms. The van der Waals surface area contributed by atoms with E-state index in [0.29, 0.717) is 18.7 Å². The number of rotatable bonds is 13. The number of likely N-dealkylation sites (N-methyl/N-ethyl adjacent to an activating group) is 1. The van der Waals surface area contributed by atoms with Gasteiger partial charge in [-0.05, 0) is 67.1 Å². The number of sulfonamides is 1. The molecular weight excluding hydrogens is 514 g/mol. The molecular formula is C30H35N3O5S. The Morgan fingerprint density at radius 1 is 0.949 bits per heavy atom. The lowest BCUT2D eigenvalue weighted by atomic mass is 10.0. The van der Waals surface area contributed by atoms with Crippen LogP contribution in [0.5, 0.6) is 5.75 Å². The van der Waals surface area contributed by atoms with Gasteiger partial charge >= 0.3 is 0 Å². The molecule has 1 saturated carbocycles. The minimum absolute atomic E-state index is 0.0338. The van der Waals surface area contributed by atoms with E-state index in [1.54, 1.807) is 36.3 Å². The van der Waals surface area contributed by atoms with E-state index in [-0.39, 0.29) is 35.7 Å². The van der Waals surface area contributed by atoms with Gasteiger partial charge in [0.15, 0.2) is 0 Å². The number of aryl methyl sites for hydroxylation is 1. The molecule has 3 aromatic carbocycles. The molecule has 206 valence electrons. The van der Waals surface area contributed by atoms with Crippen LogP contribution in [0, 0.1) is 0 Å². The first-order valence-electron chi connectivity index (χ1n) is 13.2. The van der Waals surface area contributed by atoms with Crippen LogP contribution in [0.15, 0.2) is 83.8 Å². The van der Waals surface area contributed by atoms with Crippen molar-refractivity contribution in [3.8, 4) is 5.75 Å². The summed E-state index contributed by atoms with van der Waals surface area (Å²) in [6.45, 7) is 2.53. The average Bonchev–Trinajstić information content (AvgIpc) is 3.76. The van der Waals surface area contributed by atoms with Crippen molar-refractivity contribution in [3.05, 3.63) is 95.6 Å². The van der Waals surface area contributed by atoms with Gasteiger partial charge in [0.25, 0.3) is 0 Å². The molecule has 2 amide bonds. The Hall–Kier alpha value is -3.69. The van der Waals surface area contributed by atoms with Crippen LogP contribution in [-0.4, -0.2) is 44.8 Å².